The van der Waals surface area contributed by atoms with Crippen LogP contribution >= 0.6 is 12.4 Å². The number of sulfonamides is 1. The number of aromatic nitrogens is 1. The van der Waals surface area contributed by atoms with E-state index in [1.165, 1.54) is 23.4 Å². The minimum Gasteiger partial charge on any atom is -0.323 e. The molecule has 34 heavy (non-hydrogen) atoms. The predicted molar refractivity (Wildman–Crippen MR) is 133 cm³/mol. The van der Waals surface area contributed by atoms with E-state index in [-0.39, 0.29) is 35.5 Å². The summed E-state index contributed by atoms with van der Waals surface area (Å²) in [6.07, 6.45) is 2.45. The second kappa shape index (κ2) is 9.12. The molecule has 0 aliphatic carbocycles. The van der Waals surface area contributed by atoms with Gasteiger partial charge >= 0.3 is 0 Å². The van der Waals surface area contributed by atoms with Gasteiger partial charge in [0, 0.05) is 29.2 Å². The van der Waals surface area contributed by atoms with Crippen molar-refractivity contribution in [1.29, 1.82) is 0 Å². The number of anilines is 4. The van der Waals surface area contributed by atoms with Crippen LogP contribution < -0.4 is 14.9 Å². The van der Waals surface area contributed by atoms with Crippen molar-refractivity contribution in [3.8, 4) is 0 Å². The van der Waals surface area contributed by atoms with Crippen LogP contribution in [0, 0.1) is 0 Å². The summed E-state index contributed by atoms with van der Waals surface area (Å²) in [5.74, 6) is -0.772. The van der Waals surface area contributed by atoms with E-state index in [1.54, 1.807) is 36.4 Å². The number of fused-ring (bicyclic) bond motifs is 3. The molecule has 1 aliphatic heterocycles. The van der Waals surface area contributed by atoms with E-state index in [2.05, 4.69) is 15.0 Å². The molecule has 2 N–H and O–H groups in total. The second-order valence-corrected chi connectivity index (χ2v) is 9.16. The van der Waals surface area contributed by atoms with Crippen molar-refractivity contribution in [3.05, 3.63) is 85.2 Å². The minimum absolute atomic E-state index is 0. The van der Waals surface area contributed by atoms with Crippen LogP contribution in [0.25, 0.3) is 10.8 Å². The lowest BCUT2D eigenvalue weighted by Crippen LogP contribution is -2.26. The molecule has 0 saturated carbocycles. The number of nitrogens with zero attached hydrogens (tertiary/aromatic N) is 2. The summed E-state index contributed by atoms with van der Waals surface area (Å²) < 4.78 is 27.6. The Kier molecular flexibility index (Phi) is 6.23. The number of hydrogen-bond donors (Lipinski definition) is 2. The normalized spacial score (nSPS) is 13.5. The molecule has 172 valence electrons. The van der Waals surface area contributed by atoms with E-state index in [1.807, 2.05) is 30.3 Å². The third-order valence-corrected chi connectivity index (χ3v) is 6.66. The van der Waals surface area contributed by atoms with Crippen molar-refractivity contribution in [2.75, 3.05) is 14.9 Å². The maximum absolute atomic E-state index is 13.0. The Morgan fingerprint density at radius 1 is 0.912 bits per heavy atom. The monoisotopic (exact) mass is 494 g/mol. The zero-order chi connectivity index (χ0) is 23.0. The molecule has 0 bridgehead atoms. The van der Waals surface area contributed by atoms with Crippen LogP contribution in [0.5, 0.6) is 0 Å². The molecule has 0 saturated heterocycles. The molecule has 8 nitrogen and oxygen atoms in total. The highest BCUT2D eigenvalue weighted by Gasteiger charge is 2.28. The summed E-state index contributed by atoms with van der Waals surface area (Å²) in [4.78, 5) is 30.7. The number of halogens is 1. The Hall–Kier alpha value is -3.95. The first kappa shape index (κ1) is 23.2. The van der Waals surface area contributed by atoms with Crippen LogP contribution in [0.3, 0.4) is 0 Å². The van der Waals surface area contributed by atoms with E-state index < -0.39 is 10.0 Å². The van der Waals surface area contributed by atoms with Gasteiger partial charge in [0.05, 0.1) is 11.4 Å². The average molecular weight is 495 g/mol. The quantitative estimate of drug-likeness (QED) is 0.407. The zero-order valence-electron chi connectivity index (χ0n) is 17.6. The van der Waals surface area contributed by atoms with Gasteiger partial charge in [0.25, 0.3) is 10.0 Å². The smallest absolute Gasteiger partial charge is 0.263 e. The Morgan fingerprint density at radius 2 is 1.68 bits per heavy atom. The van der Waals surface area contributed by atoms with Crippen molar-refractivity contribution in [2.24, 2.45) is 0 Å². The Balaban J connectivity index is 0.00000274. The molecular weight excluding hydrogens is 476 g/mol. The SMILES string of the molecule is Cl.O=C1CC(=O)N(c2ccc(NS(=O)(=O)c3cccnc3)cc2)c2ccc3ccccc3c2N1. The molecule has 0 spiro atoms. The number of nitrogens with one attached hydrogen (secondary N) is 2. The molecule has 2 amide bonds. The molecule has 2 heterocycles. The number of amides is 2. The van der Waals surface area contributed by atoms with Crippen molar-refractivity contribution in [1.82, 2.24) is 4.98 Å². The Morgan fingerprint density at radius 3 is 2.41 bits per heavy atom. The fourth-order valence-corrected chi connectivity index (χ4v) is 4.82. The summed E-state index contributed by atoms with van der Waals surface area (Å²) >= 11 is 0. The summed E-state index contributed by atoms with van der Waals surface area (Å²) in [7, 11) is -3.80. The molecule has 3 aromatic carbocycles. The number of pyridine rings is 1. The van der Waals surface area contributed by atoms with Crippen LogP contribution in [0.15, 0.2) is 90.1 Å². The second-order valence-electron chi connectivity index (χ2n) is 7.48. The number of carbonyl (C=O) groups is 2. The van der Waals surface area contributed by atoms with Gasteiger partial charge in [-0.2, -0.15) is 0 Å². The van der Waals surface area contributed by atoms with Crippen molar-refractivity contribution in [2.45, 2.75) is 11.3 Å². The summed E-state index contributed by atoms with van der Waals surface area (Å²) in [5, 5.41) is 4.62. The number of hydrogen-bond acceptors (Lipinski definition) is 5. The topological polar surface area (TPSA) is 108 Å². The van der Waals surface area contributed by atoms with Crippen LogP contribution in [0.4, 0.5) is 22.7 Å². The third-order valence-electron chi connectivity index (χ3n) is 5.30. The van der Waals surface area contributed by atoms with Crippen LogP contribution in [0.1, 0.15) is 6.42 Å². The van der Waals surface area contributed by atoms with Crippen LogP contribution in [-0.4, -0.2) is 25.2 Å². The summed E-state index contributed by atoms with van der Waals surface area (Å²) in [6, 6.07) is 20.7. The van der Waals surface area contributed by atoms with E-state index in [4.69, 9.17) is 0 Å². The summed E-state index contributed by atoms with van der Waals surface area (Å²) in [6.45, 7) is 0. The predicted octanol–water partition coefficient (Wildman–Crippen LogP) is 4.46. The largest absolute Gasteiger partial charge is 0.323 e. The van der Waals surface area contributed by atoms with Gasteiger partial charge in [-0.15, -0.1) is 12.4 Å². The highest BCUT2D eigenvalue weighted by molar-refractivity contribution is 7.92. The molecule has 1 aliphatic rings. The number of rotatable bonds is 4. The average Bonchev–Trinajstić information content (AvgIpc) is 2.94. The number of benzene rings is 3. The molecule has 5 rings (SSSR count). The van der Waals surface area contributed by atoms with Gasteiger partial charge in [-0.05, 0) is 47.9 Å². The van der Waals surface area contributed by atoms with Crippen LogP contribution in [0.2, 0.25) is 0 Å². The van der Waals surface area contributed by atoms with E-state index >= 15 is 0 Å². The maximum atomic E-state index is 13.0. The fraction of sp³-hybridized carbons (Fsp3) is 0.0417. The Bertz CT molecular complexity index is 1490. The Labute approximate surface area is 202 Å². The third kappa shape index (κ3) is 4.30. The summed E-state index contributed by atoms with van der Waals surface area (Å²) in [5.41, 5.74) is 1.95. The lowest BCUT2D eigenvalue weighted by molar-refractivity contribution is -0.124. The number of carbonyl (C=O) groups excluding carboxylic acids is 2. The van der Waals surface area contributed by atoms with Gasteiger partial charge in [-0.25, -0.2) is 8.42 Å². The zero-order valence-corrected chi connectivity index (χ0v) is 19.3. The van der Waals surface area contributed by atoms with Gasteiger partial charge in [-0.1, -0.05) is 30.3 Å². The van der Waals surface area contributed by atoms with E-state index in [0.717, 1.165) is 10.8 Å². The molecule has 0 atom stereocenters. The minimum atomic E-state index is -3.80. The lowest BCUT2D eigenvalue weighted by Gasteiger charge is -2.23. The first-order valence-corrected chi connectivity index (χ1v) is 11.6. The maximum Gasteiger partial charge on any atom is 0.263 e. The fourth-order valence-electron chi connectivity index (χ4n) is 3.79. The standard InChI is InChI=1S/C24H18N4O4S.ClH/c29-22-14-23(30)28(21-12-7-16-4-1-2-6-20(16)24(21)26-22)18-10-8-17(9-11-18)27-33(31,32)19-5-3-13-25-15-19;/h1-13,15,27H,14H2,(H,26,29);1H. The van der Waals surface area contributed by atoms with E-state index in [0.29, 0.717) is 22.7 Å². The van der Waals surface area contributed by atoms with Gasteiger partial charge in [-0.3, -0.25) is 24.2 Å². The van der Waals surface area contributed by atoms with Gasteiger partial charge < -0.3 is 5.32 Å². The molecule has 1 aromatic heterocycles. The van der Waals surface area contributed by atoms with Crippen molar-refractivity contribution in [3.63, 3.8) is 0 Å². The van der Waals surface area contributed by atoms with Gasteiger partial charge in [0.2, 0.25) is 11.8 Å². The van der Waals surface area contributed by atoms with Gasteiger partial charge in [0.15, 0.2) is 0 Å². The first-order valence-electron chi connectivity index (χ1n) is 10.1. The highest BCUT2D eigenvalue weighted by atomic mass is 35.5. The van der Waals surface area contributed by atoms with E-state index in [9.17, 15) is 18.0 Å². The first-order chi connectivity index (χ1) is 15.9. The molecule has 0 fully saturated rings. The van der Waals surface area contributed by atoms with Crippen LogP contribution in [-0.2, 0) is 19.6 Å². The molecule has 0 unspecified atom stereocenters. The lowest BCUT2D eigenvalue weighted by atomic mass is 10.1. The molecular formula is C24H19ClN4O4S. The highest BCUT2D eigenvalue weighted by Crippen LogP contribution is 2.40. The van der Waals surface area contributed by atoms with Gasteiger partial charge in [0.1, 0.15) is 11.3 Å². The molecule has 4 aromatic rings. The van der Waals surface area contributed by atoms with Crippen molar-refractivity contribution >= 4 is 67.8 Å². The molecule has 10 heteroatoms. The molecule has 0 radical (unpaired) electrons. The van der Waals surface area contributed by atoms with Crippen molar-refractivity contribution < 1.29 is 18.0 Å².